The van der Waals surface area contributed by atoms with Crippen molar-refractivity contribution in [1.29, 1.82) is 0 Å². The van der Waals surface area contributed by atoms with Crippen LogP contribution in [0.3, 0.4) is 0 Å². The van der Waals surface area contributed by atoms with E-state index < -0.39 is 5.41 Å². The fraction of sp³-hybridized carbons (Fsp3) is 0.462. The molecule has 0 aliphatic carbocycles. The Kier molecular flexibility index (Phi) is 7.33. The van der Waals surface area contributed by atoms with Crippen molar-refractivity contribution < 1.29 is 4.79 Å². The van der Waals surface area contributed by atoms with E-state index in [2.05, 4.69) is 15.2 Å². The summed E-state index contributed by atoms with van der Waals surface area (Å²) in [5.41, 5.74) is 1.41. The van der Waals surface area contributed by atoms with Gasteiger partial charge < -0.3 is 5.32 Å². The Morgan fingerprint density at radius 1 is 1.18 bits per heavy atom. The summed E-state index contributed by atoms with van der Waals surface area (Å²) in [4.78, 5) is 32.0. The van der Waals surface area contributed by atoms with Gasteiger partial charge in [-0.15, -0.1) is 0 Å². The van der Waals surface area contributed by atoms with Gasteiger partial charge in [0, 0.05) is 53.8 Å². The second-order valence-corrected chi connectivity index (χ2v) is 10.4. The van der Waals surface area contributed by atoms with Crippen molar-refractivity contribution in [3.8, 4) is 0 Å². The number of nitrogens with zero attached hydrogens (tertiary/aromatic N) is 4. The highest BCUT2D eigenvalue weighted by Crippen LogP contribution is 2.21. The van der Waals surface area contributed by atoms with Crippen LogP contribution in [-0.4, -0.2) is 51.2 Å². The molecule has 1 N–H and O–H groups in total. The minimum Gasteiger partial charge on any atom is -0.354 e. The number of pyridine rings is 1. The molecular weight excluding hydrogens is 450 g/mol. The van der Waals surface area contributed by atoms with E-state index >= 15 is 0 Å². The summed E-state index contributed by atoms with van der Waals surface area (Å²) in [7, 11) is 0. The molecule has 1 saturated heterocycles. The standard InChI is InChI=1S/C26H32ClN5O2/c1-26(2,3)25(34)29-12-14-31-13-4-5-20(31)17-32-24(33)21-10-11-28-16-22(21)23(30-32)15-18-6-8-19(27)9-7-18/h6-11,16,20H,4-5,12-15,17H2,1-3H3,(H,29,34)/t20-/m1/s1. The number of amides is 1. The van der Waals surface area contributed by atoms with Gasteiger partial charge in [0.15, 0.2) is 0 Å². The van der Waals surface area contributed by atoms with Gasteiger partial charge in [0.1, 0.15) is 0 Å². The van der Waals surface area contributed by atoms with E-state index in [0.29, 0.717) is 29.9 Å². The van der Waals surface area contributed by atoms with Crippen LogP contribution >= 0.6 is 11.6 Å². The van der Waals surface area contributed by atoms with Gasteiger partial charge >= 0.3 is 0 Å². The highest BCUT2D eigenvalue weighted by atomic mass is 35.5. The number of nitrogens with one attached hydrogen (secondary N) is 1. The van der Waals surface area contributed by atoms with Crippen molar-refractivity contribution >= 4 is 28.3 Å². The molecule has 1 amide bonds. The van der Waals surface area contributed by atoms with Crippen molar-refractivity contribution in [3.05, 3.63) is 69.4 Å². The largest absolute Gasteiger partial charge is 0.354 e. The lowest BCUT2D eigenvalue weighted by Crippen LogP contribution is -2.43. The van der Waals surface area contributed by atoms with Gasteiger partial charge in [-0.3, -0.25) is 19.5 Å². The maximum atomic E-state index is 13.3. The van der Waals surface area contributed by atoms with E-state index in [1.54, 1.807) is 23.1 Å². The Bertz CT molecular complexity index is 1220. The SMILES string of the molecule is CC(C)(C)C(=O)NCCN1CCC[C@@H]1Cn1nc(Cc2ccc(Cl)cc2)c2cnccc2c1=O. The average molecular weight is 482 g/mol. The van der Waals surface area contributed by atoms with Gasteiger partial charge in [-0.05, 0) is 43.1 Å². The van der Waals surface area contributed by atoms with Gasteiger partial charge in [-0.25, -0.2) is 4.68 Å². The molecule has 0 saturated carbocycles. The van der Waals surface area contributed by atoms with Crippen molar-refractivity contribution in [1.82, 2.24) is 25.0 Å². The fourth-order valence-electron chi connectivity index (χ4n) is 4.42. The number of carbonyl (C=O) groups is 1. The lowest BCUT2D eigenvalue weighted by molar-refractivity contribution is -0.128. The first-order valence-corrected chi connectivity index (χ1v) is 12.2. The third kappa shape index (κ3) is 5.65. The summed E-state index contributed by atoms with van der Waals surface area (Å²) in [6.45, 7) is 8.58. The van der Waals surface area contributed by atoms with Gasteiger partial charge in [-0.2, -0.15) is 5.10 Å². The molecule has 0 bridgehead atoms. The summed E-state index contributed by atoms with van der Waals surface area (Å²) in [5, 5.41) is 9.93. The number of aromatic nitrogens is 3. The topological polar surface area (TPSA) is 80.1 Å². The number of hydrogen-bond acceptors (Lipinski definition) is 5. The summed E-state index contributed by atoms with van der Waals surface area (Å²) < 4.78 is 1.62. The third-order valence-electron chi connectivity index (χ3n) is 6.37. The molecule has 1 fully saturated rings. The van der Waals surface area contributed by atoms with Gasteiger partial charge in [0.2, 0.25) is 5.91 Å². The highest BCUT2D eigenvalue weighted by Gasteiger charge is 2.27. The summed E-state index contributed by atoms with van der Waals surface area (Å²) in [6.07, 6.45) is 6.04. The minimum absolute atomic E-state index is 0.0520. The molecule has 2 aromatic heterocycles. The quantitative estimate of drug-likeness (QED) is 0.557. The van der Waals surface area contributed by atoms with E-state index in [9.17, 15) is 9.59 Å². The number of benzene rings is 1. The molecule has 4 rings (SSSR count). The van der Waals surface area contributed by atoms with Crippen molar-refractivity contribution in [3.63, 3.8) is 0 Å². The molecule has 7 nitrogen and oxygen atoms in total. The number of carbonyl (C=O) groups excluding carboxylic acids is 1. The third-order valence-corrected chi connectivity index (χ3v) is 6.62. The number of likely N-dealkylation sites (tertiary alicyclic amines) is 1. The van der Waals surface area contributed by atoms with Crippen LogP contribution in [-0.2, 0) is 17.8 Å². The van der Waals surface area contributed by atoms with E-state index in [4.69, 9.17) is 16.7 Å². The normalized spacial score (nSPS) is 16.8. The zero-order valence-corrected chi connectivity index (χ0v) is 20.8. The molecule has 0 spiro atoms. The van der Waals surface area contributed by atoms with Gasteiger partial charge in [0.25, 0.3) is 5.56 Å². The molecule has 1 aliphatic rings. The first-order valence-electron chi connectivity index (χ1n) is 11.8. The average Bonchev–Trinajstić information content (AvgIpc) is 3.24. The Morgan fingerprint density at radius 2 is 1.94 bits per heavy atom. The van der Waals surface area contributed by atoms with Crippen LogP contribution < -0.4 is 10.9 Å². The van der Waals surface area contributed by atoms with Crippen LogP contribution in [0.2, 0.25) is 5.02 Å². The maximum absolute atomic E-state index is 13.3. The van der Waals surface area contributed by atoms with Gasteiger partial charge in [0.05, 0.1) is 17.6 Å². The summed E-state index contributed by atoms with van der Waals surface area (Å²) >= 11 is 6.04. The maximum Gasteiger partial charge on any atom is 0.274 e. The molecule has 0 radical (unpaired) electrons. The van der Waals surface area contributed by atoms with Crippen LogP contribution in [0.15, 0.2) is 47.5 Å². The predicted octanol–water partition coefficient (Wildman–Crippen LogP) is 3.66. The second-order valence-electron chi connectivity index (χ2n) is 10.00. The fourth-order valence-corrected chi connectivity index (χ4v) is 4.54. The molecule has 1 atom stereocenters. The molecule has 3 heterocycles. The molecule has 0 unspecified atom stereocenters. The van der Waals surface area contributed by atoms with Crippen molar-refractivity contribution in [2.45, 2.75) is 52.6 Å². The molecule has 3 aromatic rings. The summed E-state index contributed by atoms with van der Waals surface area (Å²) in [6, 6.07) is 9.66. The van der Waals surface area contributed by atoms with E-state index in [1.165, 1.54) is 0 Å². The lowest BCUT2D eigenvalue weighted by atomic mass is 9.96. The lowest BCUT2D eigenvalue weighted by Gasteiger charge is -2.26. The zero-order chi connectivity index (χ0) is 24.3. The van der Waals surface area contributed by atoms with E-state index in [-0.39, 0.29) is 17.5 Å². The Hall–Kier alpha value is -2.77. The number of hydrogen-bond donors (Lipinski definition) is 1. The van der Waals surface area contributed by atoms with Gasteiger partial charge in [-0.1, -0.05) is 44.5 Å². The Balaban J connectivity index is 1.54. The van der Waals surface area contributed by atoms with Crippen LogP contribution in [0.25, 0.3) is 10.8 Å². The number of halogens is 1. The van der Waals surface area contributed by atoms with Crippen LogP contribution in [0.1, 0.15) is 44.9 Å². The number of fused-ring (bicyclic) bond motifs is 1. The summed E-state index contributed by atoms with van der Waals surface area (Å²) in [5.74, 6) is 0.0520. The smallest absolute Gasteiger partial charge is 0.274 e. The first-order chi connectivity index (χ1) is 16.2. The first kappa shape index (κ1) is 24.4. The van der Waals surface area contributed by atoms with Crippen molar-refractivity contribution in [2.75, 3.05) is 19.6 Å². The second kappa shape index (κ2) is 10.2. The monoisotopic (exact) mass is 481 g/mol. The molecule has 8 heteroatoms. The molecule has 34 heavy (non-hydrogen) atoms. The number of rotatable bonds is 7. The minimum atomic E-state index is -0.401. The molecule has 1 aliphatic heterocycles. The Morgan fingerprint density at radius 3 is 2.68 bits per heavy atom. The Labute approximate surface area is 205 Å². The van der Waals surface area contributed by atoms with Crippen molar-refractivity contribution in [2.24, 2.45) is 5.41 Å². The van der Waals surface area contributed by atoms with Crippen LogP contribution in [0.4, 0.5) is 0 Å². The van der Waals surface area contributed by atoms with Crippen LogP contribution in [0.5, 0.6) is 0 Å². The zero-order valence-electron chi connectivity index (χ0n) is 20.1. The molecule has 1 aromatic carbocycles. The predicted molar refractivity (Wildman–Crippen MR) is 135 cm³/mol. The molecular formula is C26H32ClN5O2. The van der Waals surface area contributed by atoms with Crippen LogP contribution in [0, 0.1) is 5.41 Å². The van der Waals surface area contributed by atoms with E-state index in [1.807, 2.05) is 45.0 Å². The highest BCUT2D eigenvalue weighted by molar-refractivity contribution is 6.30. The molecule has 180 valence electrons. The van der Waals surface area contributed by atoms with E-state index in [0.717, 1.165) is 42.6 Å².